The van der Waals surface area contributed by atoms with E-state index < -0.39 is 0 Å². The highest BCUT2D eigenvalue weighted by Crippen LogP contribution is 2.21. The fourth-order valence-electron chi connectivity index (χ4n) is 1.75. The predicted octanol–water partition coefficient (Wildman–Crippen LogP) is 3.35. The molecule has 1 aliphatic carbocycles. The molecule has 0 spiro atoms. The Balaban J connectivity index is 2.90. The highest BCUT2D eigenvalue weighted by Gasteiger charge is 2.13. The van der Waals surface area contributed by atoms with Gasteiger partial charge in [-0.05, 0) is 37.0 Å². The van der Waals surface area contributed by atoms with Crippen LogP contribution in [0.3, 0.4) is 0 Å². The summed E-state index contributed by atoms with van der Waals surface area (Å²) in [5, 5.41) is 15.3. The smallest absolute Gasteiger partial charge is 0.0575 e. The van der Waals surface area contributed by atoms with Crippen LogP contribution >= 0.6 is 0 Å². The summed E-state index contributed by atoms with van der Waals surface area (Å²) in [4.78, 5) is 0. The maximum atomic E-state index is 7.77. The summed E-state index contributed by atoms with van der Waals surface area (Å²) in [6, 6.07) is 0. The van der Waals surface area contributed by atoms with Gasteiger partial charge >= 0.3 is 0 Å². The highest BCUT2D eigenvalue weighted by atomic mass is 14.5. The van der Waals surface area contributed by atoms with Crippen LogP contribution in [-0.2, 0) is 0 Å². The zero-order chi connectivity index (χ0) is 10.7. The van der Waals surface area contributed by atoms with Gasteiger partial charge in [0.15, 0.2) is 0 Å². The van der Waals surface area contributed by atoms with Crippen molar-refractivity contribution in [3.63, 3.8) is 0 Å². The number of nitrogens with one attached hydrogen (secondary N) is 2. The maximum Gasteiger partial charge on any atom is 0.0575 e. The summed E-state index contributed by atoms with van der Waals surface area (Å²) in [6.07, 6.45) is 5.10. The van der Waals surface area contributed by atoms with Crippen LogP contribution in [0.25, 0.3) is 0 Å². The van der Waals surface area contributed by atoms with Crippen molar-refractivity contribution in [3.05, 3.63) is 23.3 Å². The predicted molar refractivity (Wildman–Crippen MR) is 61.4 cm³/mol. The molecule has 1 aliphatic rings. The van der Waals surface area contributed by atoms with E-state index in [1.54, 1.807) is 12.2 Å². The van der Waals surface area contributed by atoms with E-state index in [1.807, 2.05) is 0 Å². The Labute approximate surface area is 85.7 Å². The van der Waals surface area contributed by atoms with Crippen molar-refractivity contribution >= 4 is 11.4 Å². The molecule has 0 atom stereocenters. The van der Waals surface area contributed by atoms with Gasteiger partial charge in [0, 0.05) is 12.1 Å². The minimum atomic E-state index is 0.583. The minimum absolute atomic E-state index is 0.583. The van der Waals surface area contributed by atoms with Crippen molar-refractivity contribution in [2.45, 2.75) is 33.6 Å². The molecule has 2 N–H and O–H groups in total. The largest absolute Gasteiger partial charge is 0.305 e. The molecule has 1 rings (SSSR count). The van der Waals surface area contributed by atoms with Crippen molar-refractivity contribution in [1.29, 1.82) is 10.8 Å². The summed E-state index contributed by atoms with van der Waals surface area (Å²) in [5.74, 6) is 0.621. The second-order valence-corrected chi connectivity index (χ2v) is 4.31. The highest BCUT2D eigenvalue weighted by molar-refractivity contribution is 6.17. The van der Waals surface area contributed by atoms with E-state index in [2.05, 4.69) is 20.8 Å². The molecule has 0 saturated carbocycles. The fourth-order valence-corrected chi connectivity index (χ4v) is 1.75. The molecule has 0 unspecified atom stereocenters. The molecular weight excluding hydrogens is 172 g/mol. The molecule has 76 valence electrons. The van der Waals surface area contributed by atoms with E-state index in [9.17, 15) is 0 Å². The van der Waals surface area contributed by atoms with Crippen LogP contribution < -0.4 is 0 Å². The lowest BCUT2D eigenvalue weighted by Crippen LogP contribution is -2.12. The van der Waals surface area contributed by atoms with E-state index >= 15 is 0 Å². The molecule has 0 aromatic rings. The van der Waals surface area contributed by atoms with Crippen molar-refractivity contribution in [1.82, 2.24) is 0 Å². The number of allylic oxidation sites excluding steroid dienone is 4. The quantitative estimate of drug-likeness (QED) is 0.671. The normalized spacial score (nSPS) is 20.6. The van der Waals surface area contributed by atoms with Gasteiger partial charge in [0.05, 0.1) is 5.71 Å². The summed E-state index contributed by atoms with van der Waals surface area (Å²) in [7, 11) is 0. The van der Waals surface area contributed by atoms with Gasteiger partial charge in [-0.15, -0.1) is 0 Å². The van der Waals surface area contributed by atoms with Crippen LogP contribution in [0, 0.1) is 16.7 Å². The molecular formula is C12H18N2. The molecule has 0 aromatic carbocycles. The van der Waals surface area contributed by atoms with Gasteiger partial charge in [0.2, 0.25) is 0 Å². The second kappa shape index (κ2) is 4.36. The Hall–Kier alpha value is -1.18. The number of hydrogen-bond donors (Lipinski definition) is 2. The van der Waals surface area contributed by atoms with Crippen molar-refractivity contribution in [3.8, 4) is 0 Å². The van der Waals surface area contributed by atoms with Gasteiger partial charge in [-0.2, -0.15) is 0 Å². The lowest BCUT2D eigenvalue weighted by atomic mass is 9.90. The average molecular weight is 190 g/mol. The Bertz CT molecular complexity index is 319. The molecule has 2 heteroatoms. The summed E-state index contributed by atoms with van der Waals surface area (Å²) in [6.45, 7) is 6.44. The van der Waals surface area contributed by atoms with E-state index in [0.29, 0.717) is 23.8 Å². The number of hydrogen-bond acceptors (Lipinski definition) is 2. The third-order valence-corrected chi connectivity index (χ3v) is 2.37. The van der Waals surface area contributed by atoms with Gasteiger partial charge in [-0.3, -0.25) is 0 Å². The molecule has 0 radical (unpaired) electrons. The summed E-state index contributed by atoms with van der Waals surface area (Å²) < 4.78 is 0. The Morgan fingerprint density at radius 3 is 2.57 bits per heavy atom. The zero-order valence-electron chi connectivity index (χ0n) is 9.15. The van der Waals surface area contributed by atoms with Crippen LogP contribution in [0.15, 0.2) is 23.3 Å². The van der Waals surface area contributed by atoms with Crippen molar-refractivity contribution in [2.24, 2.45) is 5.92 Å². The molecule has 0 bridgehead atoms. The second-order valence-electron chi connectivity index (χ2n) is 4.31. The van der Waals surface area contributed by atoms with Gasteiger partial charge < -0.3 is 10.8 Å². The monoisotopic (exact) mass is 190 g/mol. The molecule has 14 heavy (non-hydrogen) atoms. The average Bonchev–Trinajstić information content (AvgIpc) is 2.08. The summed E-state index contributed by atoms with van der Waals surface area (Å²) >= 11 is 0. The number of rotatable bonds is 2. The first-order valence-corrected chi connectivity index (χ1v) is 5.03. The van der Waals surface area contributed by atoms with E-state index in [4.69, 9.17) is 10.8 Å². The fraction of sp³-hybridized carbons (Fsp3) is 0.500. The van der Waals surface area contributed by atoms with Crippen LogP contribution in [0.1, 0.15) is 33.6 Å². The van der Waals surface area contributed by atoms with E-state index in [1.165, 1.54) is 5.57 Å². The van der Waals surface area contributed by atoms with Crippen LogP contribution in [0.4, 0.5) is 0 Å². The third-order valence-electron chi connectivity index (χ3n) is 2.37. The standard InChI is InChI=1S/C12H18N2/c1-8(2)6-9(3)11-7-10(13)4-5-12(11)14/h4-5,8,13-14H,6-7H2,1-3H3. The Kier molecular flexibility index (Phi) is 3.39. The van der Waals surface area contributed by atoms with Gasteiger partial charge in [0.25, 0.3) is 0 Å². The Morgan fingerprint density at radius 2 is 2.00 bits per heavy atom. The molecule has 0 heterocycles. The molecule has 0 aliphatic heterocycles. The van der Waals surface area contributed by atoms with Gasteiger partial charge in [-0.1, -0.05) is 19.4 Å². The van der Waals surface area contributed by atoms with Gasteiger partial charge in [0.1, 0.15) is 0 Å². The minimum Gasteiger partial charge on any atom is -0.305 e. The topological polar surface area (TPSA) is 47.7 Å². The van der Waals surface area contributed by atoms with Crippen LogP contribution in [0.5, 0.6) is 0 Å². The SMILES string of the molecule is CC(CC(C)C)=C1CC(=N)C=CC1=N. The first kappa shape index (κ1) is 10.9. The summed E-state index contributed by atoms with van der Waals surface area (Å²) in [5.41, 5.74) is 3.50. The lowest BCUT2D eigenvalue weighted by Gasteiger charge is -2.16. The van der Waals surface area contributed by atoms with Gasteiger partial charge in [-0.25, -0.2) is 0 Å². The van der Waals surface area contributed by atoms with E-state index in [-0.39, 0.29) is 0 Å². The first-order valence-electron chi connectivity index (χ1n) is 5.03. The maximum absolute atomic E-state index is 7.77. The lowest BCUT2D eigenvalue weighted by molar-refractivity contribution is 0.639. The molecule has 0 aromatic heterocycles. The Morgan fingerprint density at radius 1 is 1.36 bits per heavy atom. The van der Waals surface area contributed by atoms with Crippen LogP contribution in [-0.4, -0.2) is 11.4 Å². The molecule has 0 amide bonds. The van der Waals surface area contributed by atoms with E-state index in [0.717, 1.165) is 12.0 Å². The van der Waals surface area contributed by atoms with Crippen LogP contribution in [0.2, 0.25) is 0 Å². The zero-order valence-corrected chi connectivity index (χ0v) is 9.15. The van der Waals surface area contributed by atoms with Crippen molar-refractivity contribution < 1.29 is 0 Å². The molecule has 2 nitrogen and oxygen atoms in total. The first-order chi connectivity index (χ1) is 6.50. The molecule has 0 saturated heterocycles. The third kappa shape index (κ3) is 2.66. The van der Waals surface area contributed by atoms with Crippen molar-refractivity contribution in [2.75, 3.05) is 0 Å². The molecule has 0 fully saturated rings.